The van der Waals surface area contributed by atoms with Gasteiger partial charge in [-0.15, -0.1) is 0 Å². The number of methoxy groups -OCH3 is 2. The van der Waals surface area contributed by atoms with Gasteiger partial charge in [-0.3, -0.25) is 4.79 Å². The third-order valence-electron chi connectivity index (χ3n) is 3.93. The summed E-state index contributed by atoms with van der Waals surface area (Å²) in [6.45, 7) is -0.0662. The molecule has 0 aliphatic carbocycles. The number of nitrogens with zero attached hydrogens (tertiary/aromatic N) is 2. The molecule has 0 aromatic heterocycles. The topological polar surface area (TPSA) is 81.9 Å². The first-order chi connectivity index (χ1) is 12.9. The first-order valence-electron chi connectivity index (χ1n) is 8.22. The zero-order valence-corrected chi connectivity index (χ0v) is 15.8. The standard InChI is InChI=1S/C20H22N2O5/c1-21(2)20(24)15-10-8-14(9-11-15)17-7-5-6-16(19(17)27-4)12-22(25)13-18(23)26-3/h5-11,13H,12H2,1-4H3/b22-13-. The number of para-hydroxylation sites is 1. The molecule has 0 radical (unpaired) electrons. The van der Waals surface area contributed by atoms with E-state index in [1.807, 2.05) is 18.2 Å². The lowest BCUT2D eigenvalue weighted by Gasteiger charge is -2.14. The first kappa shape index (κ1) is 20.0. The van der Waals surface area contributed by atoms with E-state index in [0.717, 1.165) is 17.3 Å². The van der Waals surface area contributed by atoms with E-state index in [1.54, 1.807) is 38.4 Å². The van der Waals surface area contributed by atoms with E-state index in [4.69, 9.17) is 4.74 Å². The molecule has 27 heavy (non-hydrogen) atoms. The Bertz CT molecular complexity index is 857. The van der Waals surface area contributed by atoms with E-state index < -0.39 is 5.97 Å². The molecule has 7 heteroatoms. The van der Waals surface area contributed by atoms with Gasteiger partial charge in [0.1, 0.15) is 5.75 Å². The summed E-state index contributed by atoms with van der Waals surface area (Å²) >= 11 is 0. The van der Waals surface area contributed by atoms with Crippen LogP contribution in [0.2, 0.25) is 0 Å². The number of hydrogen-bond donors (Lipinski definition) is 0. The van der Waals surface area contributed by atoms with Crippen LogP contribution >= 0.6 is 0 Å². The summed E-state index contributed by atoms with van der Waals surface area (Å²) in [5.41, 5.74) is 2.83. The summed E-state index contributed by atoms with van der Waals surface area (Å²) in [4.78, 5) is 24.7. The Morgan fingerprint density at radius 2 is 1.78 bits per heavy atom. The van der Waals surface area contributed by atoms with E-state index in [-0.39, 0.29) is 12.5 Å². The summed E-state index contributed by atoms with van der Waals surface area (Å²) < 4.78 is 10.5. The van der Waals surface area contributed by atoms with Crippen LogP contribution < -0.4 is 4.74 Å². The van der Waals surface area contributed by atoms with Crippen molar-refractivity contribution in [2.45, 2.75) is 6.54 Å². The molecule has 0 fully saturated rings. The molecule has 0 saturated carbocycles. The average molecular weight is 370 g/mol. The van der Waals surface area contributed by atoms with Crippen LogP contribution in [0.5, 0.6) is 5.75 Å². The summed E-state index contributed by atoms with van der Waals surface area (Å²) in [6, 6.07) is 12.6. The van der Waals surface area contributed by atoms with Gasteiger partial charge < -0.3 is 19.6 Å². The highest BCUT2D eigenvalue weighted by Crippen LogP contribution is 2.33. The lowest BCUT2D eigenvalue weighted by Crippen LogP contribution is -2.21. The van der Waals surface area contributed by atoms with Crippen molar-refractivity contribution in [1.82, 2.24) is 4.90 Å². The van der Waals surface area contributed by atoms with Crippen LogP contribution in [-0.4, -0.2) is 56.0 Å². The van der Waals surface area contributed by atoms with Gasteiger partial charge in [0.15, 0.2) is 6.54 Å². The number of rotatable bonds is 6. The maximum atomic E-state index is 12.0. The fourth-order valence-corrected chi connectivity index (χ4v) is 2.61. The van der Waals surface area contributed by atoms with Gasteiger partial charge in [0, 0.05) is 25.2 Å². The monoisotopic (exact) mass is 370 g/mol. The van der Waals surface area contributed by atoms with Gasteiger partial charge in [0.2, 0.25) is 0 Å². The molecule has 2 rings (SSSR count). The molecular formula is C20H22N2O5. The summed E-state index contributed by atoms with van der Waals surface area (Å²) in [6.07, 6.45) is 0.841. The molecule has 142 valence electrons. The van der Waals surface area contributed by atoms with Crippen LogP contribution in [0.25, 0.3) is 11.1 Å². The van der Waals surface area contributed by atoms with Gasteiger partial charge in [0.05, 0.1) is 19.8 Å². The normalized spacial score (nSPS) is 11.0. The highest BCUT2D eigenvalue weighted by atomic mass is 16.5. The summed E-state index contributed by atoms with van der Waals surface area (Å²) in [7, 11) is 6.12. The quantitative estimate of drug-likeness (QED) is 0.256. The van der Waals surface area contributed by atoms with E-state index in [0.29, 0.717) is 21.6 Å². The fourth-order valence-electron chi connectivity index (χ4n) is 2.61. The maximum absolute atomic E-state index is 12.0. The Kier molecular flexibility index (Phi) is 6.54. The first-order valence-corrected chi connectivity index (χ1v) is 8.22. The molecule has 0 heterocycles. The number of carbonyl (C=O) groups is 2. The molecule has 0 atom stereocenters. The van der Waals surface area contributed by atoms with E-state index in [1.165, 1.54) is 19.1 Å². The Labute approximate surface area is 158 Å². The van der Waals surface area contributed by atoms with Gasteiger partial charge in [-0.2, -0.15) is 0 Å². The van der Waals surface area contributed by atoms with Crippen molar-refractivity contribution in [3.63, 3.8) is 0 Å². The summed E-state index contributed by atoms with van der Waals surface area (Å²) in [5, 5.41) is 11.9. The third kappa shape index (κ3) is 4.84. The predicted molar refractivity (Wildman–Crippen MR) is 102 cm³/mol. The number of ether oxygens (including phenoxy) is 2. The highest BCUT2D eigenvalue weighted by molar-refractivity contribution is 6.20. The zero-order chi connectivity index (χ0) is 20.0. The number of hydroxylamine groups is 1. The molecule has 0 unspecified atom stereocenters. The second-order valence-corrected chi connectivity index (χ2v) is 6.00. The minimum absolute atomic E-state index is 0.0662. The second-order valence-electron chi connectivity index (χ2n) is 6.00. The number of hydrogen-bond acceptors (Lipinski definition) is 5. The molecular weight excluding hydrogens is 348 g/mol. The molecule has 7 nitrogen and oxygen atoms in total. The van der Waals surface area contributed by atoms with Crippen LogP contribution in [0.1, 0.15) is 15.9 Å². The van der Waals surface area contributed by atoms with Gasteiger partial charge in [-0.25, -0.2) is 9.53 Å². The molecule has 0 bridgehead atoms. The number of amides is 1. The van der Waals surface area contributed by atoms with Gasteiger partial charge in [0.25, 0.3) is 12.1 Å². The lowest BCUT2D eigenvalue weighted by atomic mass is 10.00. The number of benzene rings is 2. The molecule has 0 aliphatic rings. The van der Waals surface area contributed by atoms with Crippen molar-refractivity contribution in [2.24, 2.45) is 0 Å². The maximum Gasteiger partial charge on any atom is 0.396 e. The zero-order valence-electron chi connectivity index (χ0n) is 15.8. The second kappa shape index (κ2) is 8.84. The van der Waals surface area contributed by atoms with Gasteiger partial charge >= 0.3 is 5.97 Å². The minimum Gasteiger partial charge on any atom is -0.623 e. The van der Waals surface area contributed by atoms with Crippen molar-refractivity contribution in [3.8, 4) is 16.9 Å². The van der Waals surface area contributed by atoms with Gasteiger partial charge in [-0.05, 0) is 23.8 Å². The number of carbonyl (C=O) groups excluding carboxylic acids is 2. The average Bonchev–Trinajstić information content (AvgIpc) is 2.67. The van der Waals surface area contributed by atoms with Crippen LogP contribution in [-0.2, 0) is 16.1 Å². The summed E-state index contributed by atoms with van der Waals surface area (Å²) in [5.74, 6) is -0.271. The highest BCUT2D eigenvalue weighted by Gasteiger charge is 2.15. The molecule has 2 aromatic carbocycles. The Hall–Kier alpha value is -3.35. The third-order valence-corrected chi connectivity index (χ3v) is 3.93. The molecule has 0 saturated heterocycles. The van der Waals surface area contributed by atoms with Crippen molar-refractivity contribution in [3.05, 3.63) is 58.8 Å². The van der Waals surface area contributed by atoms with Crippen LogP contribution in [0, 0.1) is 5.21 Å². The minimum atomic E-state index is -0.721. The SMILES string of the molecule is COC(=O)/C=[N+](\[O-])Cc1cccc(-c2ccc(C(=O)N(C)C)cc2)c1OC. The van der Waals surface area contributed by atoms with Crippen molar-refractivity contribution in [1.29, 1.82) is 0 Å². The van der Waals surface area contributed by atoms with Crippen LogP contribution in [0.3, 0.4) is 0 Å². The molecule has 0 aliphatic heterocycles. The molecule has 0 N–H and O–H groups in total. The molecule has 1 amide bonds. The Morgan fingerprint density at radius 1 is 1.11 bits per heavy atom. The van der Waals surface area contributed by atoms with Crippen LogP contribution in [0.15, 0.2) is 42.5 Å². The van der Waals surface area contributed by atoms with Gasteiger partial charge in [-0.1, -0.05) is 24.3 Å². The number of esters is 1. The Balaban J connectivity index is 2.37. The van der Waals surface area contributed by atoms with Crippen LogP contribution in [0.4, 0.5) is 0 Å². The fraction of sp³-hybridized carbons (Fsp3) is 0.250. The predicted octanol–water partition coefficient (Wildman–Crippen LogP) is 2.32. The van der Waals surface area contributed by atoms with E-state index in [9.17, 15) is 14.8 Å². The molecule has 2 aromatic rings. The Morgan fingerprint density at radius 3 is 2.33 bits per heavy atom. The van der Waals surface area contributed by atoms with E-state index >= 15 is 0 Å². The molecule has 0 spiro atoms. The largest absolute Gasteiger partial charge is 0.623 e. The lowest BCUT2D eigenvalue weighted by molar-refractivity contribution is -0.469. The van der Waals surface area contributed by atoms with Crippen molar-refractivity contribution >= 4 is 18.1 Å². The van der Waals surface area contributed by atoms with E-state index in [2.05, 4.69) is 4.74 Å². The van der Waals surface area contributed by atoms with Crippen molar-refractivity contribution < 1.29 is 23.8 Å². The van der Waals surface area contributed by atoms with Crippen molar-refractivity contribution in [2.75, 3.05) is 28.3 Å². The smallest absolute Gasteiger partial charge is 0.396 e.